The molecule has 1 aliphatic rings. The fourth-order valence-electron chi connectivity index (χ4n) is 1.54. The Bertz CT molecular complexity index is 227. The van der Waals surface area contributed by atoms with Gasteiger partial charge in [-0.15, -0.1) is 0 Å². The van der Waals surface area contributed by atoms with Gasteiger partial charge in [0.1, 0.15) is 5.54 Å². The second-order valence-corrected chi connectivity index (χ2v) is 3.96. The van der Waals surface area contributed by atoms with Crippen LogP contribution in [0.1, 0.15) is 27.7 Å². The lowest BCUT2D eigenvalue weighted by atomic mass is 10.1. The fraction of sp³-hybridized carbons (Fsp3) is 0.857. The molecular formula is C7H13N3O2. The topological polar surface area (TPSA) is 58.7 Å². The van der Waals surface area contributed by atoms with Crippen LogP contribution in [0, 0.1) is 10.1 Å². The summed E-state index contributed by atoms with van der Waals surface area (Å²) in [6.45, 7) is 6.99. The lowest BCUT2D eigenvalue weighted by Crippen LogP contribution is -2.53. The van der Waals surface area contributed by atoms with E-state index in [-0.39, 0.29) is 0 Å². The van der Waals surface area contributed by atoms with E-state index in [1.807, 2.05) is 0 Å². The van der Waals surface area contributed by atoms with Gasteiger partial charge in [-0.3, -0.25) is 4.99 Å². The molecule has 0 aromatic heterocycles. The number of hydrogen-bond donors (Lipinski definition) is 0. The molecule has 0 fully saturated rings. The number of hydrogen-bond acceptors (Lipinski definition) is 3. The summed E-state index contributed by atoms with van der Waals surface area (Å²) < 4.78 is 0. The Balaban J connectivity index is 3.03. The second-order valence-electron chi connectivity index (χ2n) is 3.96. The first-order valence-corrected chi connectivity index (χ1v) is 3.78. The van der Waals surface area contributed by atoms with Crippen molar-refractivity contribution in [3.63, 3.8) is 0 Å². The molecule has 12 heavy (non-hydrogen) atoms. The first-order chi connectivity index (χ1) is 5.27. The largest absolute Gasteiger partial charge is 0.262 e. The predicted molar refractivity (Wildman–Crippen MR) is 45.5 cm³/mol. The predicted octanol–water partition coefficient (Wildman–Crippen LogP) is 1.08. The minimum absolute atomic E-state index is 0.396. The quantitative estimate of drug-likeness (QED) is 0.438. The molecule has 0 aliphatic carbocycles. The molecule has 1 heterocycles. The van der Waals surface area contributed by atoms with Crippen LogP contribution in [-0.4, -0.2) is 27.5 Å². The average Bonchev–Trinajstić information content (AvgIpc) is 2.01. The number of rotatable bonds is 1. The number of nitro groups is 1. The van der Waals surface area contributed by atoms with Crippen molar-refractivity contribution in [2.45, 2.75) is 38.9 Å². The third-order valence-electron chi connectivity index (χ3n) is 1.92. The molecule has 5 heteroatoms. The Labute approximate surface area is 71.2 Å². The van der Waals surface area contributed by atoms with E-state index >= 15 is 0 Å². The molecule has 0 bridgehead atoms. The van der Waals surface area contributed by atoms with Crippen molar-refractivity contribution in [3.05, 3.63) is 10.1 Å². The monoisotopic (exact) mass is 171 g/mol. The standard InChI is InChI=1S/C7H13N3O2/c1-6(2)5-8-7(3,4)9(6)10(11)12/h5H,1-4H3. The Morgan fingerprint density at radius 1 is 1.42 bits per heavy atom. The summed E-state index contributed by atoms with van der Waals surface area (Å²) >= 11 is 0. The first kappa shape index (κ1) is 8.96. The normalized spacial score (nSPS) is 24.5. The Morgan fingerprint density at radius 2 is 1.92 bits per heavy atom. The van der Waals surface area contributed by atoms with Crippen molar-refractivity contribution in [1.29, 1.82) is 0 Å². The number of hydrazine groups is 1. The molecule has 0 N–H and O–H groups in total. The highest BCUT2D eigenvalue weighted by Crippen LogP contribution is 2.30. The van der Waals surface area contributed by atoms with Crippen molar-refractivity contribution in [2.24, 2.45) is 4.99 Å². The van der Waals surface area contributed by atoms with Crippen molar-refractivity contribution >= 4 is 6.21 Å². The summed E-state index contributed by atoms with van der Waals surface area (Å²) in [5.74, 6) is 0. The van der Waals surface area contributed by atoms with Gasteiger partial charge in [-0.05, 0) is 27.7 Å². The van der Waals surface area contributed by atoms with E-state index in [1.165, 1.54) is 0 Å². The number of nitrogens with zero attached hydrogens (tertiary/aromatic N) is 3. The summed E-state index contributed by atoms with van der Waals surface area (Å²) in [5.41, 5.74) is -1.32. The molecule has 1 aliphatic heterocycles. The molecule has 1 rings (SSSR count). The van der Waals surface area contributed by atoms with Crippen LogP contribution in [0.5, 0.6) is 0 Å². The lowest BCUT2D eigenvalue weighted by molar-refractivity contribution is -0.683. The number of aliphatic imine (C=N–C) groups is 1. The summed E-state index contributed by atoms with van der Waals surface area (Å²) in [6, 6.07) is 0. The van der Waals surface area contributed by atoms with Crippen molar-refractivity contribution in [2.75, 3.05) is 0 Å². The molecule has 0 saturated carbocycles. The maximum absolute atomic E-state index is 10.7. The van der Waals surface area contributed by atoms with Gasteiger partial charge in [-0.2, -0.15) is 0 Å². The summed E-state index contributed by atoms with van der Waals surface area (Å²) in [7, 11) is 0. The van der Waals surface area contributed by atoms with Gasteiger partial charge in [0.2, 0.25) is 0 Å². The Morgan fingerprint density at radius 3 is 2.08 bits per heavy atom. The van der Waals surface area contributed by atoms with Crippen LogP contribution in [0.3, 0.4) is 0 Å². The maximum Gasteiger partial charge on any atom is 0.184 e. The van der Waals surface area contributed by atoms with E-state index in [0.29, 0.717) is 0 Å². The molecule has 0 amide bonds. The third kappa shape index (κ3) is 1.15. The van der Waals surface area contributed by atoms with Crippen molar-refractivity contribution in [1.82, 2.24) is 5.01 Å². The van der Waals surface area contributed by atoms with E-state index in [9.17, 15) is 10.1 Å². The average molecular weight is 171 g/mol. The third-order valence-corrected chi connectivity index (χ3v) is 1.92. The van der Waals surface area contributed by atoms with Crippen LogP contribution in [0.4, 0.5) is 0 Å². The van der Waals surface area contributed by atoms with Gasteiger partial charge in [-0.25, -0.2) is 10.1 Å². The molecule has 0 saturated heterocycles. The minimum atomic E-state index is -0.729. The minimum Gasteiger partial charge on any atom is -0.262 e. The maximum atomic E-state index is 10.7. The Hall–Kier alpha value is -1.13. The molecule has 68 valence electrons. The van der Waals surface area contributed by atoms with Crippen LogP contribution in [0.15, 0.2) is 4.99 Å². The van der Waals surface area contributed by atoms with E-state index in [0.717, 1.165) is 5.01 Å². The van der Waals surface area contributed by atoms with E-state index in [2.05, 4.69) is 4.99 Å². The lowest BCUT2D eigenvalue weighted by Gasteiger charge is -2.30. The van der Waals surface area contributed by atoms with Crippen LogP contribution in [-0.2, 0) is 0 Å². The zero-order valence-corrected chi connectivity index (χ0v) is 7.74. The molecular weight excluding hydrogens is 158 g/mol. The molecule has 0 radical (unpaired) electrons. The van der Waals surface area contributed by atoms with Crippen LogP contribution in [0.2, 0.25) is 0 Å². The highest BCUT2D eigenvalue weighted by molar-refractivity contribution is 5.71. The smallest absolute Gasteiger partial charge is 0.184 e. The summed E-state index contributed by atoms with van der Waals surface area (Å²) in [4.78, 5) is 14.8. The molecule has 0 unspecified atom stereocenters. The molecule has 0 atom stereocenters. The van der Waals surface area contributed by atoms with Gasteiger partial charge >= 0.3 is 0 Å². The molecule has 0 aromatic rings. The van der Waals surface area contributed by atoms with Gasteiger partial charge in [0.25, 0.3) is 0 Å². The van der Waals surface area contributed by atoms with Gasteiger partial charge in [0.15, 0.2) is 10.7 Å². The van der Waals surface area contributed by atoms with Gasteiger partial charge < -0.3 is 0 Å². The second kappa shape index (κ2) is 2.18. The zero-order valence-electron chi connectivity index (χ0n) is 7.74. The van der Waals surface area contributed by atoms with Crippen LogP contribution in [0.25, 0.3) is 0 Å². The highest BCUT2D eigenvalue weighted by atomic mass is 16.7. The summed E-state index contributed by atoms with van der Waals surface area (Å²) in [6.07, 6.45) is 1.62. The van der Waals surface area contributed by atoms with E-state index in [4.69, 9.17) is 0 Å². The van der Waals surface area contributed by atoms with Crippen molar-refractivity contribution < 1.29 is 5.03 Å². The highest BCUT2D eigenvalue weighted by Gasteiger charge is 2.49. The fourth-order valence-corrected chi connectivity index (χ4v) is 1.54. The first-order valence-electron chi connectivity index (χ1n) is 3.78. The molecule has 0 spiro atoms. The van der Waals surface area contributed by atoms with E-state index in [1.54, 1.807) is 33.9 Å². The molecule has 5 nitrogen and oxygen atoms in total. The SMILES string of the molecule is CC1(C)C=NC(C)(C)N1[N+](=O)[O-]. The van der Waals surface area contributed by atoms with E-state index < -0.39 is 16.2 Å². The van der Waals surface area contributed by atoms with Gasteiger partial charge in [-0.1, -0.05) is 5.01 Å². The summed E-state index contributed by atoms with van der Waals surface area (Å²) in [5, 5.41) is 11.4. The van der Waals surface area contributed by atoms with Gasteiger partial charge in [0.05, 0.1) is 0 Å². The van der Waals surface area contributed by atoms with Crippen LogP contribution >= 0.6 is 0 Å². The van der Waals surface area contributed by atoms with Crippen molar-refractivity contribution in [3.8, 4) is 0 Å². The zero-order chi connectivity index (χ0) is 9.57. The van der Waals surface area contributed by atoms with Crippen LogP contribution < -0.4 is 0 Å². The van der Waals surface area contributed by atoms with Gasteiger partial charge in [0, 0.05) is 6.21 Å². The Kier molecular flexibility index (Phi) is 1.63. The molecule has 0 aromatic carbocycles.